The predicted octanol–water partition coefficient (Wildman–Crippen LogP) is 4.73. The van der Waals surface area contributed by atoms with Crippen LogP contribution in [0.3, 0.4) is 0 Å². The van der Waals surface area contributed by atoms with Gasteiger partial charge in [-0.15, -0.1) is 11.6 Å². The monoisotopic (exact) mass is 266 g/mol. The SMILES string of the molecule is CC(C)Cc1ccc(C(Cl)C2CCCCO2)cc1. The summed E-state index contributed by atoms with van der Waals surface area (Å²) in [6.07, 6.45) is 4.82. The third-order valence-corrected chi connectivity index (χ3v) is 4.02. The zero-order chi connectivity index (χ0) is 13.0. The molecule has 0 N–H and O–H groups in total. The summed E-state index contributed by atoms with van der Waals surface area (Å²) in [5, 5.41) is -0.00148. The molecule has 1 aromatic carbocycles. The van der Waals surface area contributed by atoms with Gasteiger partial charge in [-0.2, -0.15) is 0 Å². The van der Waals surface area contributed by atoms with Gasteiger partial charge < -0.3 is 4.74 Å². The summed E-state index contributed by atoms with van der Waals surface area (Å²) in [5.74, 6) is 0.698. The molecule has 0 spiro atoms. The summed E-state index contributed by atoms with van der Waals surface area (Å²) < 4.78 is 5.76. The Labute approximate surface area is 115 Å². The molecule has 1 aliphatic heterocycles. The van der Waals surface area contributed by atoms with E-state index in [-0.39, 0.29) is 11.5 Å². The first kappa shape index (κ1) is 13.9. The molecule has 100 valence electrons. The van der Waals surface area contributed by atoms with Gasteiger partial charge in [-0.25, -0.2) is 0 Å². The molecule has 0 aliphatic carbocycles. The average molecular weight is 267 g/mol. The highest BCUT2D eigenvalue weighted by Gasteiger charge is 2.23. The fraction of sp³-hybridized carbons (Fsp3) is 0.625. The lowest BCUT2D eigenvalue weighted by molar-refractivity contribution is 0.0136. The van der Waals surface area contributed by atoms with Crippen molar-refractivity contribution in [3.05, 3.63) is 35.4 Å². The number of ether oxygens (including phenoxy) is 1. The Morgan fingerprint density at radius 3 is 2.50 bits per heavy atom. The van der Waals surface area contributed by atoms with Crippen LogP contribution in [-0.4, -0.2) is 12.7 Å². The molecule has 1 heterocycles. The standard InChI is InChI=1S/C16H23ClO/c1-12(2)11-13-6-8-14(9-7-13)16(17)15-5-3-4-10-18-15/h6-9,12,15-16H,3-5,10-11H2,1-2H3. The molecular weight excluding hydrogens is 244 g/mol. The number of hydrogen-bond donors (Lipinski definition) is 0. The van der Waals surface area contributed by atoms with Crippen LogP contribution < -0.4 is 0 Å². The van der Waals surface area contributed by atoms with E-state index in [4.69, 9.17) is 16.3 Å². The van der Waals surface area contributed by atoms with E-state index in [9.17, 15) is 0 Å². The number of halogens is 1. The van der Waals surface area contributed by atoms with Crippen molar-refractivity contribution in [1.29, 1.82) is 0 Å². The summed E-state index contributed by atoms with van der Waals surface area (Å²) in [7, 11) is 0. The van der Waals surface area contributed by atoms with Gasteiger partial charge in [0.2, 0.25) is 0 Å². The summed E-state index contributed by atoms with van der Waals surface area (Å²) in [5.41, 5.74) is 2.58. The van der Waals surface area contributed by atoms with Crippen molar-refractivity contribution in [2.24, 2.45) is 5.92 Å². The first-order valence-electron chi connectivity index (χ1n) is 7.01. The average Bonchev–Trinajstić information content (AvgIpc) is 2.39. The van der Waals surface area contributed by atoms with Crippen LogP contribution in [0.4, 0.5) is 0 Å². The second-order valence-corrected chi connectivity index (χ2v) is 6.12. The lowest BCUT2D eigenvalue weighted by Crippen LogP contribution is -2.23. The molecule has 0 aromatic heterocycles. The van der Waals surface area contributed by atoms with E-state index < -0.39 is 0 Å². The molecule has 0 bridgehead atoms. The van der Waals surface area contributed by atoms with Crippen LogP contribution >= 0.6 is 11.6 Å². The first-order valence-corrected chi connectivity index (χ1v) is 7.45. The van der Waals surface area contributed by atoms with Crippen molar-refractivity contribution in [3.8, 4) is 0 Å². The molecule has 1 nitrogen and oxygen atoms in total. The maximum atomic E-state index is 6.52. The fourth-order valence-electron chi connectivity index (χ4n) is 2.52. The zero-order valence-electron chi connectivity index (χ0n) is 11.4. The van der Waals surface area contributed by atoms with Crippen LogP contribution in [0.2, 0.25) is 0 Å². The second kappa shape index (κ2) is 6.58. The van der Waals surface area contributed by atoms with Crippen molar-refractivity contribution < 1.29 is 4.74 Å². The molecule has 0 amide bonds. The van der Waals surface area contributed by atoms with Gasteiger partial charge in [0.1, 0.15) is 0 Å². The topological polar surface area (TPSA) is 9.23 Å². The molecule has 2 heteroatoms. The third kappa shape index (κ3) is 3.73. The Morgan fingerprint density at radius 1 is 1.22 bits per heavy atom. The van der Waals surface area contributed by atoms with Gasteiger partial charge in [-0.3, -0.25) is 0 Å². The van der Waals surface area contributed by atoms with Crippen molar-refractivity contribution >= 4 is 11.6 Å². The Kier molecular flexibility index (Phi) is 5.08. The quantitative estimate of drug-likeness (QED) is 0.716. The lowest BCUT2D eigenvalue weighted by Gasteiger charge is -2.27. The van der Waals surface area contributed by atoms with Crippen LogP contribution in [0.1, 0.15) is 49.6 Å². The van der Waals surface area contributed by atoms with Crippen molar-refractivity contribution in [3.63, 3.8) is 0 Å². The first-order chi connectivity index (χ1) is 8.66. The van der Waals surface area contributed by atoms with E-state index in [0.29, 0.717) is 5.92 Å². The maximum absolute atomic E-state index is 6.52. The molecule has 1 aliphatic rings. The number of alkyl halides is 1. The maximum Gasteiger partial charge on any atom is 0.0847 e. The third-order valence-electron chi connectivity index (χ3n) is 3.48. The van der Waals surface area contributed by atoms with Gasteiger partial charge in [0.25, 0.3) is 0 Å². The minimum Gasteiger partial charge on any atom is -0.376 e. The van der Waals surface area contributed by atoms with E-state index in [1.165, 1.54) is 24.0 Å². The summed E-state index contributed by atoms with van der Waals surface area (Å²) in [4.78, 5) is 0. The second-order valence-electron chi connectivity index (χ2n) is 5.65. The van der Waals surface area contributed by atoms with Gasteiger partial charge in [-0.05, 0) is 42.7 Å². The van der Waals surface area contributed by atoms with Gasteiger partial charge >= 0.3 is 0 Å². The molecule has 18 heavy (non-hydrogen) atoms. The van der Waals surface area contributed by atoms with Crippen LogP contribution in [0, 0.1) is 5.92 Å². The highest BCUT2D eigenvalue weighted by molar-refractivity contribution is 6.21. The van der Waals surface area contributed by atoms with E-state index in [2.05, 4.69) is 38.1 Å². The Morgan fingerprint density at radius 2 is 1.94 bits per heavy atom. The largest absolute Gasteiger partial charge is 0.376 e. The molecule has 0 saturated carbocycles. The minimum absolute atomic E-state index is 0.00148. The van der Waals surface area contributed by atoms with Gasteiger partial charge in [-0.1, -0.05) is 38.1 Å². The Hall–Kier alpha value is -0.530. The predicted molar refractivity (Wildman–Crippen MR) is 77.2 cm³/mol. The van der Waals surface area contributed by atoms with E-state index in [0.717, 1.165) is 19.4 Å². The van der Waals surface area contributed by atoms with Crippen LogP contribution in [0.15, 0.2) is 24.3 Å². The van der Waals surface area contributed by atoms with Gasteiger partial charge in [0, 0.05) is 6.61 Å². The molecule has 0 radical (unpaired) electrons. The molecule has 2 atom stereocenters. The summed E-state index contributed by atoms with van der Waals surface area (Å²) >= 11 is 6.52. The zero-order valence-corrected chi connectivity index (χ0v) is 12.1. The minimum atomic E-state index is -0.00148. The normalized spacial score (nSPS) is 22.1. The molecule has 2 unspecified atom stereocenters. The number of hydrogen-bond acceptors (Lipinski definition) is 1. The number of rotatable bonds is 4. The Balaban J connectivity index is 1.99. The van der Waals surface area contributed by atoms with E-state index in [1.54, 1.807) is 0 Å². The molecule has 2 rings (SSSR count). The molecule has 1 saturated heterocycles. The van der Waals surface area contributed by atoms with Crippen LogP contribution in [0.25, 0.3) is 0 Å². The Bertz CT molecular complexity index is 352. The summed E-state index contributed by atoms with van der Waals surface area (Å²) in [6, 6.07) is 8.72. The van der Waals surface area contributed by atoms with Crippen LogP contribution in [-0.2, 0) is 11.2 Å². The molecule has 1 aromatic rings. The van der Waals surface area contributed by atoms with E-state index >= 15 is 0 Å². The van der Waals surface area contributed by atoms with Crippen LogP contribution in [0.5, 0.6) is 0 Å². The number of benzene rings is 1. The fourth-order valence-corrected chi connectivity index (χ4v) is 2.86. The smallest absolute Gasteiger partial charge is 0.0847 e. The van der Waals surface area contributed by atoms with Gasteiger partial charge in [0.05, 0.1) is 11.5 Å². The molecular formula is C16H23ClO. The highest BCUT2D eigenvalue weighted by atomic mass is 35.5. The van der Waals surface area contributed by atoms with Crippen molar-refractivity contribution in [2.75, 3.05) is 6.61 Å². The van der Waals surface area contributed by atoms with E-state index in [1.807, 2.05) is 0 Å². The van der Waals surface area contributed by atoms with Gasteiger partial charge in [0.15, 0.2) is 0 Å². The van der Waals surface area contributed by atoms with Crippen molar-refractivity contribution in [1.82, 2.24) is 0 Å². The molecule has 1 fully saturated rings. The van der Waals surface area contributed by atoms with Crippen molar-refractivity contribution in [2.45, 2.75) is 51.0 Å². The summed E-state index contributed by atoms with van der Waals surface area (Å²) in [6.45, 7) is 5.35. The lowest BCUT2D eigenvalue weighted by atomic mass is 9.97. The highest BCUT2D eigenvalue weighted by Crippen LogP contribution is 2.31.